The lowest BCUT2D eigenvalue weighted by molar-refractivity contribution is 0.494. The molecule has 41 heavy (non-hydrogen) atoms. The van der Waals surface area contributed by atoms with Crippen molar-refractivity contribution in [2.45, 2.75) is 37.8 Å². The molecule has 0 amide bonds. The second-order valence-corrected chi connectivity index (χ2v) is 17.7. The van der Waals surface area contributed by atoms with Crippen molar-refractivity contribution in [3.05, 3.63) is 127 Å². The molecule has 0 aliphatic heterocycles. The SMILES string of the molecule is O=[P+](c1ccccc1-[s+]1c(P(=O)(c2ccccc2)c2ccccc2)cc2c3ccccc3ccc21)C1CCCCC1. The van der Waals surface area contributed by atoms with Gasteiger partial charge in [-0.25, -0.2) is 0 Å². The van der Waals surface area contributed by atoms with Crippen molar-refractivity contribution in [1.29, 1.82) is 0 Å². The Bertz CT molecular complexity index is 1880. The molecule has 1 aromatic heterocycles. The molecule has 202 valence electrons. The molecule has 0 spiro atoms. The van der Waals surface area contributed by atoms with Gasteiger partial charge in [0.05, 0.1) is 0 Å². The van der Waals surface area contributed by atoms with E-state index in [9.17, 15) is 4.57 Å². The molecule has 1 heterocycles. The topological polar surface area (TPSA) is 34.1 Å². The molecule has 0 bridgehead atoms. The molecule has 0 radical (unpaired) electrons. The third-order valence-corrected chi connectivity index (χ3v) is 16.8. The first-order valence-electron chi connectivity index (χ1n) is 14.4. The molecule has 1 fully saturated rings. The molecule has 2 unspecified atom stereocenters. The Labute approximate surface area is 245 Å². The van der Waals surface area contributed by atoms with Crippen LogP contribution in [-0.4, -0.2) is 5.66 Å². The lowest BCUT2D eigenvalue weighted by Crippen LogP contribution is -2.24. The molecule has 1 saturated carbocycles. The molecule has 7 rings (SSSR count). The van der Waals surface area contributed by atoms with E-state index in [-0.39, 0.29) is 5.66 Å². The Morgan fingerprint density at radius 3 is 1.95 bits per heavy atom. The molecule has 0 saturated heterocycles. The highest BCUT2D eigenvalue weighted by atomic mass is 32.2. The summed E-state index contributed by atoms with van der Waals surface area (Å²) in [5.74, 6) is 0. The Hall–Kier alpha value is -3.35. The fourth-order valence-electron chi connectivity index (χ4n) is 6.35. The number of hydrogen-bond donors (Lipinski definition) is 0. The van der Waals surface area contributed by atoms with E-state index < -0.39 is 25.4 Å². The zero-order chi connectivity index (χ0) is 27.8. The van der Waals surface area contributed by atoms with Gasteiger partial charge >= 0.3 is 7.80 Å². The maximum absolute atomic E-state index is 15.9. The first-order chi connectivity index (χ1) is 20.2. The summed E-state index contributed by atoms with van der Waals surface area (Å²) in [5, 5.41) is 6.08. The van der Waals surface area contributed by atoms with E-state index in [0.717, 1.165) is 56.5 Å². The van der Waals surface area contributed by atoms with Gasteiger partial charge in [0.1, 0.15) is 0 Å². The number of hydrogen-bond acceptors (Lipinski definition) is 2. The monoisotopic (exact) mass is 590 g/mol. The summed E-state index contributed by atoms with van der Waals surface area (Å²) in [7, 11) is -5.49. The fourth-order valence-corrected chi connectivity index (χ4v) is 15.2. The quantitative estimate of drug-likeness (QED) is 0.143. The third-order valence-electron chi connectivity index (χ3n) is 8.41. The maximum Gasteiger partial charge on any atom is 0.385 e. The molecule has 0 N–H and O–H groups in total. The van der Waals surface area contributed by atoms with Crippen LogP contribution in [-0.2, 0) is 9.13 Å². The molecule has 5 aromatic carbocycles. The van der Waals surface area contributed by atoms with Gasteiger partial charge in [-0.3, -0.25) is 0 Å². The zero-order valence-corrected chi connectivity index (χ0v) is 25.5. The first kappa shape index (κ1) is 26.5. The first-order valence-corrected chi connectivity index (χ1v) is 18.7. The van der Waals surface area contributed by atoms with Crippen LogP contribution in [0.3, 0.4) is 0 Å². The van der Waals surface area contributed by atoms with E-state index in [0.29, 0.717) is 0 Å². The van der Waals surface area contributed by atoms with Crippen molar-refractivity contribution in [2.24, 2.45) is 0 Å². The summed E-state index contributed by atoms with van der Waals surface area (Å²) >= 11 is 0. The Morgan fingerprint density at radius 1 is 0.634 bits per heavy atom. The van der Waals surface area contributed by atoms with Crippen LogP contribution >= 0.6 is 25.4 Å². The van der Waals surface area contributed by atoms with Crippen molar-refractivity contribution >= 4 is 66.8 Å². The summed E-state index contributed by atoms with van der Waals surface area (Å²) in [6, 6.07) is 43.3. The van der Waals surface area contributed by atoms with Crippen molar-refractivity contribution in [3.8, 4) is 4.90 Å². The van der Waals surface area contributed by atoms with Gasteiger partial charge in [-0.2, -0.15) is 0 Å². The summed E-state index contributed by atoms with van der Waals surface area (Å²) in [5.41, 5.74) is 0.213. The molecule has 1 aliphatic carbocycles. The zero-order valence-electron chi connectivity index (χ0n) is 22.9. The van der Waals surface area contributed by atoms with Crippen LogP contribution in [0.25, 0.3) is 25.8 Å². The highest BCUT2D eigenvalue weighted by Gasteiger charge is 2.45. The normalized spacial score (nSPS) is 15.3. The molecule has 2 atom stereocenters. The second kappa shape index (κ2) is 11.1. The van der Waals surface area contributed by atoms with Gasteiger partial charge in [-0.15, -0.1) is 0 Å². The highest BCUT2D eigenvalue weighted by molar-refractivity contribution is 7.91. The average Bonchev–Trinajstić information content (AvgIpc) is 3.46. The van der Waals surface area contributed by atoms with Gasteiger partial charge in [0.15, 0.2) is 10.4 Å². The standard InChI is InChI=1S/C36H32O2P2S/c37-39(28-15-4-1-5-16-28)33-22-12-13-23-35(33)41-34-25-24-27-14-10-11-21-31(27)32(34)26-36(41)40(38,29-17-6-2-7-18-29)30-19-8-3-9-20-30/h2-3,6-14,17-26,28H,1,4-5,15-16H2/q+2. The van der Waals surface area contributed by atoms with Crippen LogP contribution in [0.2, 0.25) is 0 Å². The Morgan fingerprint density at radius 2 is 1.24 bits per heavy atom. The molecule has 1 aliphatic rings. The predicted octanol–water partition coefficient (Wildman–Crippen LogP) is 9.16. The van der Waals surface area contributed by atoms with E-state index >= 15 is 4.57 Å². The van der Waals surface area contributed by atoms with Gasteiger partial charge in [0, 0.05) is 38.6 Å². The minimum Gasteiger partial charge on any atom is -0.303 e. The average molecular weight is 591 g/mol. The van der Waals surface area contributed by atoms with Crippen molar-refractivity contribution in [1.82, 2.24) is 0 Å². The summed E-state index contributed by atoms with van der Waals surface area (Å²) in [4.78, 5) is 1.06. The van der Waals surface area contributed by atoms with Gasteiger partial charge in [0.25, 0.3) is 0 Å². The minimum atomic E-state index is -3.26. The van der Waals surface area contributed by atoms with Gasteiger partial charge in [-0.1, -0.05) is 108 Å². The van der Waals surface area contributed by atoms with Crippen LogP contribution in [0.1, 0.15) is 32.1 Å². The van der Waals surface area contributed by atoms with Crippen LogP contribution in [0.15, 0.2) is 127 Å². The minimum absolute atomic E-state index is 0.213. The molecular weight excluding hydrogens is 558 g/mol. The van der Waals surface area contributed by atoms with Crippen molar-refractivity contribution in [3.63, 3.8) is 0 Å². The number of thiophene rings is 1. The smallest absolute Gasteiger partial charge is 0.303 e. The van der Waals surface area contributed by atoms with Crippen LogP contribution in [0.5, 0.6) is 0 Å². The van der Waals surface area contributed by atoms with Gasteiger partial charge < -0.3 is 4.57 Å². The summed E-state index contributed by atoms with van der Waals surface area (Å²) < 4.78 is 32.2. The predicted molar refractivity (Wildman–Crippen MR) is 179 cm³/mol. The maximum atomic E-state index is 15.9. The number of rotatable bonds is 6. The van der Waals surface area contributed by atoms with Crippen LogP contribution in [0.4, 0.5) is 0 Å². The molecular formula is C36H32O2P2S+2. The van der Waals surface area contributed by atoms with Crippen molar-refractivity contribution in [2.75, 3.05) is 0 Å². The van der Waals surface area contributed by atoms with Crippen LogP contribution < -0.4 is 20.5 Å². The van der Waals surface area contributed by atoms with Gasteiger partial charge in [-0.05, 0) is 54.7 Å². The largest absolute Gasteiger partial charge is 0.385 e. The summed E-state index contributed by atoms with van der Waals surface area (Å²) in [6.45, 7) is 0. The Balaban J connectivity index is 1.58. The lowest BCUT2D eigenvalue weighted by Gasteiger charge is -2.16. The number of fused-ring (bicyclic) bond motifs is 3. The van der Waals surface area contributed by atoms with E-state index in [1.807, 2.05) is 66.7 Å². The summed E-state index contributed by atoms with van der Waals surface area (Å²) in [6.07, 6.45) is 5.57. The highest BCUT2D eigenvalue weighted by Crippen LogP contribution is 2.54. The third kappa shape index (κ3) is 4.61. The lowest BCUT2D eigenvalue weighted by atomic mass is 10.0. The van der Waals surface area contributed by atoms with E-state index in [1.54, 1.807) is 0 Å². The van der Waals surface area contributed by atoms with E-state index in [1.165, 1.54) is 21.9 Å². The van der Waals surface area contributed by atoms with E-state index in [4.69, 9.17) is 0 Å². The van der Waals surface area contributed by atoms with E-state index in [2.05, 4.69) is 60.7 Å². The Kier molecular flexibility index (Phi) is 7.21. The molecule has 5 heteroatoms. The van der Waals surface area contributed by atoms with Crippen LogP contribution in [0, 0.1) is 0 Å². The molecule has 2 nitrogen and oxygen atoms in total. The van der Waals surface area contributed by atoms with Gasteiger partial charge in [0.2, 0.25) is 22.0 Å². The number of benzene rings is 5. The second-order valence-electron chi connectivity index (χ2n) is 10.9. The van der Waals surface area contributed by atoms with Crippen molar-refractivity contribution < 1.29 is 9.13 Å². The molecule has 6 aromatic rings. The fraction of sp³-hybridized carbons (Fsp3) is 0.167.